The Morgan fingerprint density at radius 2 is 1.59 bits per heavy atom. The number of cyclic esters (lactones) is 1. The molecule has 15 nitrogen and oxygen atoms in total. The van der Waals surface area contributed by atoms with Crippen LogP contribution in [0.5, 0.6) is 0 Å². The SMILES string of the molecule is CC[C@H]1OC(=O)[C@H](C)[C@@H](C2C[C@@](C)(OC)[C@@H](O)[C@H](C)O2)[C@H](C)[C@@H](OC[C@@H]2O[C@H](C)C[C@H](N(C)C3CCC3)[C@H]2O)[C@](C)(O)C[C@@H](C)[C@H](OCC(N)=O)[C@H](C)[C@@H](O)[C@]1(C)O. The van der Waals surface area contributed by atoms with Crippen molar-refractivity contribution in [1.29, 1.82) is 0 Å². The molecule has 0 aromatic carbocycles. The van der Waals surface area contributed by atoms with E-state index in [2.05, 4.69) is 11.9 Å². The van der Waals surface area contributed by atoms with E-state index in [1.165, 1.54) is 14.0 Å². The summed E-state index contributed by atoms with van der Waals surface area (Å²) in [6.07, 6.45) is -4.32. The number of primary amides is 1. The number of likely N-dealkylation sites (N-methyl/N-ethyl adjacent to an activating group) is 1. The average molecular weight is 831 g/mol. The fraction of sp³-hybridized carbons (Fsp3) is 0.953. The molecule has 4 fully saturated rings. The lowest BCUT2D eigenvalue weighted by Crippen LogP contribution is -2.62. The molecule has 338 valence electrons. The van der Waals surface area contributed by atoms with Gasteiger partial charge in [-0.05, 0) is 85.6 Å². The van der Waals surface area contributed by atoms with Crippen LogP contribution in [0.3, 0.4) is 0 Å². The summed E-state index contributed by atoms with van der Waals surface area (Å²) in [7, 11) is 3.58. The molecule has 3 aliphatic heterocycles. The number of ether oxygens (including phenoxy) is 6. The van der Waals surface area contributed by atoms with E-state index in [0.717, 1.165) is 19.3 Å². The number of carbonyl (C=O) groups excluding carboxylic acids is 2. The number of nitrogens with two attached hydrogens (primary N) is 1. The minimum absolute atomic E-state index is 0.0291. The molecule has 0 aromatic heterocycles. The predicted molar refractivity (Wildman–Crippen MR) is 215 cm³/mol. The van der Waals surface area contributed by atoms with Crippen molar-refractivity contribution >= 4 is 11.9 Å². The summed E-state index contributed by atoms with van der Waals surface area (Å²) in [5.74, 6) is -5.04. The van der Waals surface area contributed by atoms with Gasteiger partial charge in [-0.25, -0.2) is 0 Å². The molecule has 4 aliphatic rings. The van der Waals surface area contributed by atoms with Crippen molar-refractivity contribution in [3.63, 3.8) is 0 Å². The Morgan fingerprint density at radius 1 is 0.948 bits per heavy atom. The van der Waals surface area contributed by atoms with Crippen LogP contribution in [0.4, 0.5) is 0 Å². The first kappa shape index (κ1) is 49.2. The zero-order valence-electron chi connectivity index (χ0n) is 37.2. The van der Waals surface area contributed by atoms with Crippen LogP contribution in [0.15, 0.2) is 0 Å². The first-order valence-electron chi connectivity index (χ1n) is 21.7. The molecule has 0 aromatic rings. The van der Waals surface area contributed by atoms with Crippen LogP contribution < -0.4 is 5.73 Å². The Balaban J connectivity index is 1.83. The number of aliphatic hydroxyl groups is 5. The van der Waals surface area contributed by atoms with Crippen LogP contribution in [0.25, 0.3) is 0 Å². The van der Waals surface area contributed by atoms with Crippen LogP contribution >= 0.6 is 0 Å². The molecule has 19 atom stereocenters. The molecule has 0 radical (unpaired) electrons. The van der Waals surface area contributed by atoms with Gasteiger partial charge in [-0.15, -0.1) is 0 Å². The number of nitrogens with zero attached hydrogens (tertiary/aromatic N) is 1. The zero-order valence-corrected chi connectivity index (χ0v) is 37.2. The summed E-state index contributed by atoms with van der Waals surface area (Å²) in [6.45, 7) is 16.9. The lowest BCUT2D eigenvalue weighted by Gasteiger charge is -2.51. The fourth-order valence-corrected chi connectivity index (χ4v) is 10.9. The molecule has 58 heavy (non-hydrogen) atoms. The Morgan fingerprint density at radius 3 is 2.14 bits per heavy atom. The van der Waals surface area contributed by atoms with Crippen LogP contribution in [-0.4, -0.2) is 160 Å². The highest BCUT2D eigenvalue weighted by Crippen LogP contribution is 2.45. The topological polar surface area (TPSA) is 220 Å². The van der Waals surface area contributed by atoms with Gasteiger partial charge in [0.25, 0.3) is 0 Å². The van der Waals surface area contributed by atoms with Crippen molar-refractivity contribution in [2.45, 2.75) is 204 Å². The Hall–Kier alpha value is -1.50. The highest BCUT2D eigenvalue weighted by molar-refractivity contribution is 5.75. The molecule has 3 saturated heterocycles. The number of esters is 1. The van der Waals surface area contributed by atoms with Gasteiger partial charge < -0.3 is 59.7 Å². The maximum absolute atomic E-state index is 14.4. The van der Waals surface area contributed by atoms with Crippen molar-refractivity contribution < 1.29 is 63.5 Å². The molecular weight excluding hydrogens is 752 g/mol. The van der Waals surface area contributed by atoms with Gasteiger partial charge in [0.15, 0.2) is 0 Å². The van der Waals surface area contributed by atoms with E-state index in [-0.39, 0.29) is 38.0 Å². The van der Waals surface area contributed by atoms with E-state index in [1.54, 1.807) is 41.5 Å². The minimum Gasteiger partial charge on any atom is -0.459 e. The molecule has 1 amide bonds. The van der Waals surface area contributed by atoms with Gasteiger partial charge >= 0.3 is 5.97 Å². The normalized spacial score (nSPS) is 47.9. The van der Waals surface area contributed by atoms with Crippen LogP contribution in [-0.2, 0) is 38.0 Å². The lowest BCUT2D eigenvalue weighted by atomic mass is 9.67. The first-order chi connectivity index (χ1) is 26.9. The van der Waals surface area contributed by atoms with E-state index >= 15 is 0 Å². The van der Waals surface area contributed by atoms with Crippen molar-refractivity contribution in [3.8, 4) is 0 Å². The van der Waals surface area contributed by atoms with Gasteiger partial charge in [0.2, 0.25) is 5.91 Å². The standard InChI is InChI=1S/C43H78N2O13/c1-13-32-43(10,52)37(48)26(6)36(54-21-33(44)46)22(2)18-41(8,51)39(55-20-31-35(47)29(17-23(3)56-31)45(11)28-15-14-16-28)24(4)34(25(5)40(50)58-32)30-19-42(9,53-12)38(49)27(7)57-30/h22-32,34-39,47-49,51-52H,13-21H2,1-12H3,(H2,44,46)/t22-,23-,24+,25-,26+,27+,29+,30?,31+,32-,34+,35-,36+,37-,38+,39-,41-,42-,43-/m1/s1. The fourth-order valence-electron chi connectivity index (χ4n) is 10.9. The van der Waals surface area contributed by atoms with E-state index in [4.69, 9.17) is 34.2 Å². The molecule has 0 spiro atoms. The van der Waals surface area contributed by atoms with Gasteiger partial charge in [0.05, 0.1) is 66.5 Å². The number of carbonyl (C=O) groups is 2. The average Bonchev–Trinajstić information content (AvgIpc) is 3.11. The molecular formula is C43H78N2O13. The van der Waals surface area contributed by atoms with E-state index in [0.29, 0.717) is 12.5 Å². The maximum atomic E-state index is 14.4. The van der Waals surface area contributed by atoms with Gasteiger partial charge in [0, 0.05) is 37.5 Å². The summed E-state index contributed by atoms with van der Waals surface area (Å²) in [6, 6.07) is 0.244. The zero-order chi connectivity index (χ0) is 43.7. The molecule has 7 N–H and O–H groups in total. The van der Waals surface area contributed by atoms with Crippen LogP contribution in [0.1, 0.15) is 114 Å². The Bertz CT molecular complexity index is 1350. The number of amides is 1. The second-order valence-corrected chi connectivity index (χ2v) is 19.2. The second-order valence-electron chi connectivity index (χ2n) is 19.2. The third-order valence-corrected chi connectivity index (χ3v) is 14.6. The third kappa shape index (κ3) is 10.6. The molecule has 1 unspecified atom stereocenters. The van der Waals surface area contributed by atoms with E-state index < -0.39 is 120 Å². The van der Waals surface area contributed by atoms with Crippen LogP contribution in [0.2, 0.25) is 0 Å². The van der Waals surface area contributed by atoms with Crippen LogP contribution in [0, 0.1) is 29.6 Å². The molecule has 1 aliphatic carbocycles. The van der Waals surface area contributed by atoms with Crippen molar-refractivity contribution in [2.24, 2.45) is 35.3 Å². The molecule has 3 heterocycles. The molecule has 15 heteroatoms. The summed E-state index contributed by atoms with van der Waals surface area (Å²) in [5.41, 5.74) is 0.844. The van der Waals surface area contributed by atoms with Crippen molar-refractivity contribution in [2.75, 3.05) is 27.4 Å². The van der Waals surface area contributed by atoms with Gasteiger partial charge in [-0.2, -0.15) is 0 Å². The first-order valence-corrected chi connectivity index (χ1v) is 21.7. The summed E-state index contributed by atoms with van der Waals surface area (Å²) >= 11 is 0. The lowest BCUT2D eigenvalue weighted by molar-refractivity contribution is -0.246. The monoisotopic (exact) mass is 831 g/mol. The molecule has 1 saturated carbocycles. The molecule has 4 rings (SSSR count). The minimum atomic E-state index is -1.95. The summed E-state index contributed by atoms with van der Waals surface area (Å²) in [5, 5.41) is 59.5. The number of hydrogen-bond donors (Lipinski definition) is 6. The van der Waals surface area contributed by atoms with E-state index in [1.807, 2.05) is 20.8 Å². The third-order valence-electron chi connectivity index (χ3n) is 14.6. The highest BCUT2D eigenvalue weighted by Gasteiger charge is 2.55. The highest BCUT2D eigenvalue weighted by atomic mass is 16.6. The summed E-state index contributed by atoms with van der Waals surface area (Å²) in [4.78, 5) is 28.7. The number of hydrogen-bond acceptors (Lipinski definition) is 14. The summed E-state index contributed by atoms with van der Waals surface area (Å²) < 4.78 is 37.8. The Kier molecular flexibility index (Phi) is 16.7. The predicted octanol–water partition coefficient (Wildman–Crippen LogP) is 2.33. The number of rotatable bonds is 11. The van der Waals surface area contributed by atoms with Gasteiger partial charge in [0.1, 0.15) is 30.5 Å². The Labute approximate surface area is 346 Å². The maximum Gasteiger partial charge on any atom is 0.309 e. The van der Waals surface area contributed by atoms with E-state index in [9.17, 15) is 35.1 Å². The molecule has 0 bridgehead atoms. The van der Waals surface area contributed by atoms with Gasteiger partial charge in [-0.1, -0.05) is 41.0 Å². The van der Waals surface area contributed by atoms with Gasteiger partial charge in [-0.3, -0.25) is 14.5 Å². The van der Waals surface area contributed by atoms with Crippen molar-refractivity contribution in [1.82, 2.24) is 4.90 Å². The largest absolute Gasteiger partial charge is 0.459 e. The quantitative estimate of drug-likeness (QED) is 0.165. The number of methoxy groups -OCH3 is 1. The second kappa shape index (κ2) is 19.7. The smallest absolute Gasteiger partial charge is 0.309 e. The number of aliphatic hydroxyl groups excluding tert-OH is 3. The van der Waals surface area contributed by atoms with Crippen molar-refractivity contribution in [3.05, 3.63) is 0 Å².